The molecule has 2 aromatic rings. The van der Waals surface area contributed by atoms with Gasteiger partial charge in [0.1, 0.15) is 23.1 Å². The van der Waals surface area contributed by atoms with Crippen molar-refractivity contribution in [2.75, 3.05) is 19.5 Å². The zero-order valence-electron chi connectivity index (χ0n) is 17.3. The highest BCUT2D eigenvalue weighted by atomic mass is 16.5. The van der Waals surface area contributed by atoms with Crippen molar-refractivity contribution in [1.82, 2.24) is 4.57 Å². The molecule has 0 bridgehead atoms. The van der Waals surface area contributed by atoms with Crippen LogP contribution in [0, 0.1) is 31.1 Å². The number of nitrogens with one attached hydrogen (secondary N) is 1. The Labute approximate surface area is 166 Å². The van der Waals surface area contributed by atoms with E-state index in [1.165, 1.54) is 7.11 Å². The Kier molecular flexibility index (Phi) is 6.89. The maximum Gasteiger partial charge on any atom is 0.266 e. The zero-order valence-corrected chi connectivity index (χ0v) is 17.3. The van der Waals surface area contributed by atoms with Crippen molar-refractivity contribution in [2.24, 2.45) is 5.92 Å². The molecule has 0 atom stereocenters. The number of anilines is 1. The van der Waals surface area contributed by atoms with Gasteiger partial charge in [-0.15, -0.1) is 0 Å². The molecule has 0 saturated heterocycles. The summed E-state index contributed by atoms with van der Waals surface area (Å²) in [5, 5.41) is 12.3. The Morgan fingerprint density at radius 3 is 2.54 bits per heavy atom. The van der Waals surface area contributed by atoms with Crippen LogP contribution in [-0.4, -0.2) is 24.7 Å². The highest BCUT2D eigenvalue weighted by Crippen LogP contribution is 2.29. The van der Waals surface area contributed by atoms with E-state index in [0.29, 0.717) is 23.1 Å². The van der Waals surface area contributed by atoms with E-state index in [2.05, 4.69) is 23.7 Å². The molecule has 0 aliphatic heterocycles. The first-order valence-corrected chi connectivity index (χ1v) is 9.12. The fourth-order valence-corrected chi connectivity index (χ4v) is 3.03. The van der Waals surface area contributed by atoms with E-state index in [9.17, 15) is 10.1 Å². The smallest absolute Gasteiger partial charge is 0.266 e. The molecule has 6 nitrogen and oxygen atoms in total. The molecular weight excluding hydrogens is 354 g/mol. The van der Waals surface area contributed by atoms with Gasteiger partial charge in [0.15, 0.2) is 0 Å². The Morgan fingerprint density at radius 1 is 1.25 bits per heavy atom. The maximum atomic E-state index is 12.7. The van der Waals surface area contributed by atoms with Crippen LogP contribution >= 0.6 is 0 Å². The second-order valence-corrected chi connectivity index (χ2v) is 7.02. The first-order chi connectivity index (χ1) is 13.3. The van der Waals surface area contributed by atoms with Gasteiger partial charge in [-0.2, -0.15) is 5.26 Å². The lowest BCUT2D eigenvalue weighted by Crippen LogP contribution is -2.14. The van der Waals surface area contributed by atoms with Crippen LogP contribution in [0.2, 0.25) is 0 Å². The van der Waals surface area contributed by atoms with E-state index in [-0.39, 0.29) is 5.57 Å². The van der Waals surface area contributed by atoms with Crippen LogP contribution in [0.25, 0.3) is 6.08 Å². The molecule has 6 heteroatoms. The number of nitriles is 1. The third-order valence-electron chi connectivity index (χ3n) is 4.48. The van der Waals surface area contributed by atoms with Crippen molar-refractivity contribution >= 4 is 17.7 Å². The van der Waals surface area contributed by atoms with Crippen LogP contribution in [0.3, 0.4) is 0 Å². The number of benzene rings is 1. The van der Waals surface area contributed by atoms with Gasteiger partial charge in [0, 0.05) is 24.0 Å². The first-order valence-electron chi connectivity index (χ1n) is 9.12. The number of amides is 1. The van der Waals surface area contributed by atoms with Crippen LogP contribution in [0.4, 0.5) is 5.69 Å². The summed E-state index contributed by atoms with van der Waals surface area (Å²) in [7, 11) is 3.06. The molecule has 28 heavy (non-hydrogen) atoms. The number of hydrogen-bond donors (Lipinski definition) is 1. The number of carbonyl (C=O) groups is 1. The maximum absolute atomic E-state index is 12.7. The number of rotatable bonds is 7. The molecule has 0 fully saturated rings. The predicted octanol–water partition coefficient (Wildman–Crippen LogP) is 4.32. The van der Waals surface area contributed by atoms with Crippen molar-refractivity contribution in [2.45, 2.75) is 34.2 Å². The Balaban J connectivity index is 2.34. The van der Waals surface area contributed by atoms with Crippen LogP contribution in [-0.2, 0) is 11.3 Å². The van der Waals surface area contributed by atoms with Gasteiger partial charge in [-0.25, -0.2) is 0 Å². The van der Waals surface area contributed by atoms with E-state index in [1.807, 2.05) is 26.0 Å². The molecule has 2 rings (SSSR count). The van der Waals surface area contributed by atoms with Crippen LogP contribution in [0.1, 0.15) is 30.8 Å². The summed E-state index contributed by atoms with van der Waals surface area (Å²) in [6.45, 7) is 9.23. The summed E-state index contributed by atoms with van der Waals surface area (Å²) >= 11 is 0. The van der Waals surface area contributed by atoms with Crippen molar-refractivity contribution in [3.63, 3.8) is 0 Å². The van der Waals surface area contributed by atoms with E-state index in [0.717, 1.165) is 23.5 Å². The van der Waals surface area contributed by atoms with Gasteiger partial charge in [-0.1, -0.05) is 13.8 Å². The standard InChI is InChI=1S/C22H27N3O3/c1-14(2)13-25-15(3)9-17(16(25)4)10-18(12-23)22(26)24-20-11-19(27-5)7-8-21(20)28-6/h7-11,14H,13H2,1-6H3,(H,24,26)/b18-10+. The summed E-state index contributed by atoms with van der Waals surface area (Å²) < 4.78 is 12.7. The number of ether oxygens (including phenoxy) is 2. The molecule has 0 radical (unpaired) electrons. The Bertz CT molecular complexity index is 933. The lowest BCUT2D eigenvalue weighted by atomic mass is 10.1. The number of carbonyl (C=O) groups excluding carboxylic acids is 1. The van der Waals surface area contributed by atoms with Gasteiger partial charge in [0.05, 0.1) is 19.9 Å². The lowest BCUT2D eigenvalue weighted by molar-refractivity contribution is -0.112. The molecule has 1 N–H and O–H groups in total. The van der Waals surface area contributed by atoms with Gasteiger partial charge in [-0.05, 0) is 49.6 Å². The molecule has 1 heterocycles. The topological polar surface area (TPSA) is 76.3 Å². The van der Waals surface area contributed by atoms with E-state index < -0.39 is 5.91 Å². The summed E-state index contributed by atoms with van der Waals surface area (Å²) in [6.07, 6.45) is 1.63. The molecule has 0 unspecified atom stereocenters. The average molecular weight is 381 g/mol. The predicted molar refractivity (Wildman–Crippen MR) is 111 cm³/mol. The summed E-state index contributed by atoms with van der Waals surface area (Å²) in [4.78, 5) is 12.7. The molecule has 0 spiro atoms. The molecule has 1 aromatic carbocycles. The van der Waals surface area contributed by atoms with Gasteiger partial charge in [0.2, 0.25) is 0 Å². The lowest BCUT2D eigenvalue weighted by Gasteiger charge is -2.12. The number of methoxy groups -OCH3 is 2. The number of aromatic nitrogens is 1. The molecule has 0 aliphatic carbocycles. The number of nitrogens with zero attached hydrogens (tertiary/aromatic N) is 2. The second-order valence-electron chi connectivity index (χ2n) is 7.02. The minimum absolute atomic E-state index is 0.0228. The van der Waals surface area contributed by atoms with Crippen molar-refractivity contribution in [1.29, 1.82) is 5.26 Å². The fraction of sp³-hybridized carbons (Fsp3) is 0.364. The molecule has 148 valence electrons. The molecule has 1 aromatic heterocycles. The third-order valence-corrected chi connectivity index (χ3v) is 4.48. The molecular formula is C22H27N3O3. The van der Waals surface area contributed by atoms with Crippen molar-refractivity contribution < 1.29 is 14.3 Å². The quantitative estimate of drug-likeness (QED) is 0.572. The van der Waals surface area contributed by atoms with Crippen molar-refractivity contribution in [3.8, 4) is 17.6 Å². The average Bonchev–Trinajstić information content (AvgIpc) is 2.92. The van der Waals surface area contributed by atoms with Gasteiger partial charge in [-0.3, -0.25) is 4.79 Å². The summed E-state index contributed by atoms with van der Waals surface area (Å²) in [5.41, 5.74) is 3.46. The summed E-state index contributed by atoms with van der Waals surface area (Å²) in [6, 6.07) is 9.08. The van der Waals surface area contributed by atoms with E-state index in [4.69, 9.17) is 9.47 Å². The first kappa shape index (κ1) is 21.1. The third kappa shape index (κ3) is 4.74. The largest absolute Gasteiger partial charge is 0.497 e. The minimum atomic E-state index is -0.497. The molecule has 0 saturated carbocycles. The van der Waals surface area contributed by atoms with Gasteiger partial charge < -0.3 is 19.4 Å². The highest BCUT2D eigenvalue weighted by Gasteiger charge is 2.15. The Morgan fingerprint density at radius 2 is 1.96 bits per heavy atom. The van der Waals surface area contributed by atoms with Crippen LogP contribution < -0.4 is 14.8 Å². The number of hydrogen-bond acceptors (Lipinski definition) is 4. The zero-order chi connectivity index (χ0) is 20.8. The second kappa shape index (κ2) is 9.14. The normalized spacial score (nSPS) is 11.3. The van der Waals surface area contributed by atoms with Gasteiger partial charge >= 0.3 is 0 Å². The molecule has 1 amide bonds. The highest BCUT2D eigenvalue weighted by molar-refractivity contribution is 6.10. The van der Waals surface area contributed by atoms with Crippen molar-refractivity contribution in [3.05, 3.63) is 46.8 Å². The van der Waals surface area contributed by atoms with Crippen LogP contribution in [0.5, 0.6) is 11.5 Å². The summed E-state index contributed by atoms with van der Waals surface area (Å²) in [5.74, 6) is 1.07. The van der Waals surface area contributed by atoms with Crippen LogP contribution in [0.15, 0.2) is 29.8 Å². The van der Waals surface area contributed by atoms with E-state index in [1.54, 1.807) is 31.4 Å². The fourth-order valence-electron chi connectivity index (χ4n) is 3.03. The molecule has 0 aliphatic rings. The Hall–Kier alpha value is -3.20. The van der Waals surface area contributed by atoms with E-state index >= 15 is 0 Å². The van der Waals surface area contributed by atoms with Gasteiger partial charge in [0.25, 0.3) is 5.91 Å². The monoisotopic (exact) mass is 381 g/mol. The SMILES string of the molecule is COc1ccc(OC)c(NC(=O)/C(C#N)=C/c2cc(C)n(CC(C)C)c2C)c1. The number of aryl methyl sites for hydroxylation is 1. The minimum Gasteiger partial charge on any atom is -0.497 e.